The third-order valence-electron chi connectivity index (χ3n) is 5.62. The molecular weight excluding hydrogens is 276 g/mol. The molecule has 1 aliphatic carbocycles. The molecule has 0 radical (unpaired) electrons. The Morgan fingerprint density at radius 1 is 1.05 bits per heavy atom. The van der Waals surface area contributed by atoms with Crippen molar-refractivity contribution in [2.45, 2.75) is 64.0 Å². The van der Waals surface area contributed by atoms with Gasteiger partial charge in [0.1, 0.15) is 0 Å². The molecule has 22 heavy (non-hydrogen) atoms. The van der Waals surface area contributed by atoms with Crippen molar-refractivity contribution >= 4 is 5.91 Å². The number of amides is 1. The summed E-state index contributed by atoms with van der Waals surface area (Å²) in [5.41, 5.74) is 4.13. The Kier molecular flexibility index (Phi) is 3.90. The summed E-state index contributed by atoms with van der Waals surface area (Å²) in [6, 6.07) is 0.486. The topological polar surface area (TPSA) is 52.2 Å². The van der Waals surface area contributed by atoms with Crippen LogP contribution in [0.15, 0.2) is 0 Å². The zero-order chi connectivity index (χ0) is 14.9. The summed E-state index contributed by atoms with van der Waals surface area (Å²) in [6.45, 7) is 4.15. The molecule has 5 heteroatoms. The van der Waals surface area contributed by atoms with Crippen molar-refractivity contribution in [1.29, 1.82) is 0 Å². The van der Waals surface area contributed by atoms with Gasteiger partial charge in [-0.3, -0.25) is 14.8 Å². The number of aromatic amines is 1. The molecule has 0 aromatic carbocycles. The van der Waals surface area contributed by atoms with Crippen molar-refractivity contribution in [2.24, 2.45) is 0 Å². The first-order valence-corrected chi connectivity index (χ1v) is 8.88. The molecule has 1 aromatic heterocycles. The van der Waals surface area contributed by atoms with Crippen molar-refractivity contribution < 1.29 is 4.79 Å². The number of nitrogens with one attached hydrogen (secondary N) is 1. The van der Waals surface area contributed by atoms with E-state index in [1.54, 1.807) is 0 Å². The summed E-state index contributed by atoms with van der Waals surface area (Å²) < 4.78 is 0. The SMILES string of the molecule is O=C1CCCN1C1CCN(Cc2n[nH]c3c2CCCC3)CC1. The first kappa shape index (κ1) is 14.2. The highest BCUT2D eigenvalue weighted by atomic mass is 16.2. The van der Waals surface area contributed by atoms with E-state index in [2.05, 4.69) is 20.0 Å². The average molecular weight is 302 g/mol. The van der Waals surface area contributed by atoms with Gasteiger partial charge < -0.3 is 4.90 Å². The Labute approximate surface area is 132 Å². The van der Waals surface area contributed by atoms with Gasteiger partial charge in [0.05, 0.1) is 5.69 Å². The van der Waals surface area contributed by atoms with Gasteiger partial charge in [-0.25, -0.2) is 0 Å². The van der Waals surface area contributed by atoms with E-state index in [4.69, 9.17) is 0 Å². The van der Waals surface area contributed by atoms with Crippen LogP contribution in [0.4, 0.5) is 0 Å². The molecule has 1 aromatic rings. The number of aryl methyl sites for hydroxylation is 1. The molecule has 0 saturated carbocycles. The number of carbonyl (C=O) groups is 1. The fraction of sp³-hybridized carbons (Fsp3) is 0.765. The monoisotopic (exact) mass is 302 g/mol. The van der Waals surface area contributed by atoms with E-state index in [0.29, 0.717) is 11.9 Å². The van der Waals surface area contributed by atoms with Crippen LogP contribution in [0.5, 0.6) is 0 Å². The molecule has 0 bridgehead atoms. The number of hydrogen-bond donors (Lipinski definition) is 1. The standard InChI is InChI=1S/C17H26N4O/c22-17-6-3-9-21(17)13-7-10-20(11-8-13)12-16-14-4-1-2-5-15(14)18-19-16/h13H,1-12H2,(H,18,19). The second-order valence-electron chi connectivity index (χ2n) is 7.03. The van der Waals surface area contributed by atoms with Crippen LogP contribution in [0.3, 0.4) is 0 Å². The molecule has 3 aliphatic rings. The molecule has 2 aliphatic heterocycles. The highest BCUT2D eigenvalue weighted by molar-refractivity contribution is 5.78. The third-order valence-corrected chi connectivity index (χ3v) is 5.62. The van der Waals surface area contributed by atoms with Crippen LogP contribution in [0.25, 0.3) is 0 Å². The van der Waals surface area contributed by atoms with Gasteiger partial charge in [-0.15, -0.1) is 0 Å². The van der Waals surface area contributed by atoms with Gasteiger partial charge in [-0.2, -0.15) is 5.10 Å². The maximum absolute atomic E-state index is 11.9. The molecule has 0 unspecified atom stereocenters. The van der Waals surface area contributed by atoms with E-state index < -0.39 is 0 Å². The predicted octanol–water partition coefficient (Wildman–Crippen LogP) is 1.88. The fourth-order valence-electron chi connectivity index (χ4n) is 4.34. The second-order valence-corrected chi connectivity index (χ2v) is 7.03. The largest absolute Gasteiger partial charge is 0.340 e. The zero-order valence-corrected chi connectivity index (χ0v) is 13.3. The maximum atomic E-state index is 11.9. The molecule has 120 valence electrons. The van der Waals surface area contributed by atoms with Gasteiger partial charge in [0.15, 0.2) is 0 Å². The minimum atomic E-state index is 0.375. The molecule has 0 spiro atoms. The summed E-state index contributed by atoms with van der Waals surface area (Å²) in [6.07, 6.45) is 9.03. The Morgan fingerprint density at radius 2 is 1.86 bits per heavy atom. The summed E-state index contributed by atoms with van der Waals surface area (Å²) in [7, 11) is 0. The molecule has 1 amide bonds. The van der Waals surface area contributed by atoms with Crippen LogP contribution in [-0.2, 0) is 24.2 Å². The van der Waals surface area contributed by atoms with Crippen molar-refractivity contribution in [3.63, 3.8) is 0 Å². The minimum absolute atomic E-state index is 0.375. The van der Waals surface area contributed by atoms with Gasteiger partial charge in [0, 0.05) is 44.3 Å². The number of rotatable bonds is 3. The van der Waals surface area contributed by atoms with Crippen LogP contribution in [0, 0.1) is 0 Å². The lowest BCUT2D eigenvalue weighted by molar-refractivity contribution is -0.130. The minimum Gasteiger partial charge on any atom is -0.340 e. The Balaban J connectivity index is 1.34. The Morgan fingerprint density at radius 3 is 2.64 bits per heavy atom. The maximum Gasteiger partial charge on any atom is 0.222 e. The molecular formula is C17H26N4O. The molecule has 4 rings (SSSR count). The zero-order valence-electron chi connectivity index (χ0n) is 13.3. The third kappa shape index (κ3) is 2.67. The highest BCUT2D eigenvalue weighted by Gasteiger charge is 2.31. The van der Waals surface area contributed by atoms with Crippen LogP contribution in [0.1, 0.15) is 55.5 Å². The van der Waals surface area contributed by atoms with Crippen LogP contribution in [0.2, 0.25) is 0 Å². The summed E-state index contributed by atoms with van der Waals surface area (Å²) in [5, 5.41) is 7.81. The number of aromatic nitrogens is 2. The smallest absolute Gasteiger partial charge is 0.222 e. The Hall–Kier alpha value is -1.36. The molecule has 0 atom stereocenters. The summed E-state index contributed by atoms with van der Waals surface area (Å²) in [5.74, 6) is 0.375. The van der Waals surface area contributed by atoms with E-state index in [1.807, 2.05) is 0 Å². The van der Waals surface area contributed by atoms with Gasteiger partial charge in [-0.1, -0.05) is 0 Å². The average Bonchev–Trinajstić information content (AvgIpc) is 3.15. The molecule has 5 nitrogen and oxygen atoms in total. The lowest BCUT2D eigenvalue weighted by atomic mass is 9.95. The molecule has 2 fully saturated rings. The lowest BCUT2D eigenvalue weighted by Gasteiger charge is -2.36. The Bertz CT molecular complexity index is 545. The quantitative estimate of drug-likeness (QED) is 0.927. The van der Waals surface area contributed by atoms with Crippen molar-refractivity contribution in [2.75, 3.05) is 19.6 Å². The van der Waals surface area contributed by atoms with Gasteiger partial charge in [0.2, 0.25) is 5.91 Å². The van der Waals surface area contributed by atoms with Crippen LogP contribution < -0.4 is 0 Å². The fourth-order valence-corrected chi connectivity index (χ4v) is 4.34. The summed E-state index contributed by atoms with van der Waals surface area (Å²) >= 11 is 0. The number of fused-ring (bicyclic) bond motifs is 1. The summed E-state index contributed by atoms with van der Waals surface area (Å²) in [4.78, 5) is 16.5. The number of likely N-dealkylation sites (tertiary alicyclic amines) is 2. The lowest BCUT2D eigenvalue weighted by Crippen LogP contribution is -2.45. The van der Waals surface area contributed by atoms with Crippen molar-refractivity contribution in [3.05, 3.63) is 17.0 Å². The number of piperidine rings is 1. The van der Waals surface area contributed by atoms with E-state index in [1.165, 1.54) is 42.6 Å². The number of carbonyl (C=O) groups excluding carboxylic acids is 1. The van der Waals surface area contributed by atoms with Gasteiger partial charge >= 0.3 is 0 Å². The van der Waals surface area contributed by atoms with Gasteiger partial charge in [0.25, 0.3) is 0 Å². The number of H-pyrrole nitrogens is 1. The highest BCUT2D eigenvalue weighted by Crippen LogP contribution is 2.26. The van der Waals surface area contributed by atoms with Crippen molar-refractivity contribution in [1.82, 2.24) is 20.0 Å². The molecule has 2 saturated heterocycles. The number of hydrogen-bond acceptors (Lipinski definition) is 3. The normalized spacial score (nSPS) is 24.0. The van der Waals surface area contributed by atoms with Crippen molar-refractivity contribution in [3.8, 4) is 0 Å². The number of nitrogens with zero attached hydrogens (tertiary/aromatic N) is 3. The van der Waals surface area contributed by atoms with E-state index >= 15 is 0 Å². The van der Waals surface area contributed by atoms with E-state index in [-0.39, 0.29) is 0 Å². The second kappa shape index (κ2) is 6.03. The predicted molar refractivity (Wildman–Crippen MR) is 84.5 cm³/mol. The van der Waals surface area contributed by atoms with Crippen LogP contribution >= 0.6 is 0 Å². The van der Waals surface area contributed by atoms with Gasteiger partial charge in [-0.05, 0) is 50.5 Å². The van der Waals surface area contributed by atoms with E-state index in [0.717, 1.165) is 51.9 Å². The molecule has 3 heterocycles. The van der Waals surface area contributed by atoms with E-state index in [9.17, 15) is 4.79 Å². The first-order valence-electron chi connectivity index (χ1n) is 8.88. The van der Waals surface area contributed by atoms with Crippen LogP contribution in [-0.4, -0.2) is 51.6 Å². The molecule has 1 N–H and O–H groups in total. The first-order chi connectivity index (χ1) is 10.8.